The minimum atomic E-state index is 0.599. The molecule has 1 aromatic carbocycles. The second kappa shape index (κ2) is 4.24. The van der Waals surface area contributed by atoms with Crippen molar-refractivity contribution in [2.45, 2.75) is 18.8 Å². The molecule has 0 spiro atoms. The maximum Gasteiger partial charge on any atom is 0.0630 e. The van der Waals surface area contributed by atoms with Gasteiger partial charge in [-0.3, -0.25) is 4.68 Å². The van der Waals surface area contributed by atoms with Gasteiger partial charge in [0.25, 0.3) is 0 Å². The summed E-state index contributed by atoms with van der Waals surface area (Å²) in [6, 6.07) is 10.7. The Hall–Kier alpha value is -1.77. The van der Waals surface area contributed by atoms with Crippen LogP contribution in [0.1, 0.15) is 23.6 Å². The average Bonchev–Trinajstić information content (AvgIpc) is 2.75. The van der Waals surface area contributed by atoms with Crippen LogP contribution >= 0.6 is 0 Å². The van der Waals surface area contributed by atoms with Crippen LogP contribution in [0.4, 0.5) is 5.69 Å². The molecule has 0 radical (unpaired) electrons. The molecule has 1 unspecified atom stereocenters. The van der Waals surface area contributed by atoms with Gasteiger partial charge < -0.3 is 5.32 Å². The van der Waals surface area contributed by atoms with Crippen LogP contribution < -0.4 is 5.32 Å². The van der Waals surface area contributed by atoms with Gasteiger partial charge >= 0.3 is 0 Å². The van der Waals surface area contributed by atoms with Gasteiger partial charge in [0.15, 0.2) is 0 Å². The van der Waals surface area contributed by atoms with Crippen LogP contribution in [0.15, 0.2) is 36.5 Å². The van der Waals surface area contributed by atoms with Crippen LogP contribution in [0.3, 0.4) is 0 Å². The average molecular weight is 227 g/mol. The molecular formula is C14H17N3. The van der Waals surface area contributed by atoms with E-state index < -0.39 is 0 Å². The van der Waals surface area contributed by atoms with Crippen molar-refractivity contribution in [3.8, 4) is 0 Å². The third-order valence-corrected chi connectivity index (χ3v) is 3.43. The van der Waals surface area contributed by atoms with E-state index in [2.05, 4.69) is 40.7 Å². The lowest BCUT2D eigenvalue weighted by Crippen LogP contribution is -2.18. The number of anilines is 1. The molecule has 1 aliphatic rings. The molecule has 88 valence electrons. The maximum atomic E-state index is 4.47. The monoisotopic (exact) mass is 227 g/mol. The molecule has 1 aromatic heterocycles. The topological polar surface area (TPSA) is 29.9 Å². The van der Waals surface area contributed by atoms with E-state index in [1.807, 2.05) is 17.9 Å². The third-order valence-electron chi connectivity index (χ3n) is 3.43. The molecule has 0 aliphatic carbocycles. The Morgan fingerprint density at radius 2 is 2.24 bits per heavy atom. The van der Waals surface area contributed by atoms with E-state index in [9.17, 15) is 0 Å². The van der Waals surface area contributed by atoms with Gasteiger partial charge in [-0.2, -0.15) is 5.10 Å². The van der Waals surface area contributed by atoms with Gasteiger partial charge in [0.1, 0.15) is 0 Å². The molecule has 17 heavy (non-hydrogen) atoms. The Morgan fingerprint density at radius 3 is 3.06 bits per heavy atom. The number of aryl methyl sites for hydroxylation is 1. The summed E-state index contributed by atoms with van der Waals surface area (Å²) in [6.07, 6.45) is 4.25. The highest BCUT2D eigenvalue weighted by molar-refractivity contribution is 5.54. The molecule has 0 amide bonds. The molecule has 0 saturated carbocycles. The Labute approximate surface area is 101 Å². The van der Waals surface area contributed by atoms with Crippen LogP contribution in [0, 0.1) is 0 Å². The zero-order valence-electron chi connectivity index (χ0n) is 10.1. The first kappa shape index (κ1) is 10.4. The summed E-state index contributed by atoms with van der Waals surface area (Å²) in [6.45, 7) is 1.06. The van der Waals surface area contributed by atoms with Crippen molar-refractivity contribution in [1.29, 1.82) is 0 Å². The van der Waals surface area contributed by atoms with Crippen LogP contribution in [-0.2, 0) is 13.5 Å². The Balaban J connectivity index is 1.85. The highest BCUT2D eigenvalue weighted by Gasteiger charge is 2.20. The fourth-order valence-electron chi connectivity index (χ4n) is 2.59. The van der Waals surface area contributed by atoms with Gasteiger partial charge in [-0.25, -0.2) is 0 Å². The zero-order chi connectivity index (χ0) is 11.7. The minimum absolute atomic E-state index is 0.599. The summed E-state index contributed by atoms with van der Waals surface area (Å²) in [4.78, 5) is 0. The fraction of sp³-hybridized carbons (Fsp3) is 0.357. The molecule has 0 bridgehead atoms. The number of nitrogens with zero attached hydrogens (tertiary/aromatic N) is 2. The van der Waals surface area contributed by atoms with Crippen LogP contribution in [-0.4, -0.2) is 16.3 Å². The maximum absolute atomic E-state index is 4.47. The molecule has 3 nitrogen and oxygen atoms in total. The number of hydrogen-bond donors (Lipinski definition) is 1. The molecule has 1 N–H and O–H groups in total. The number of fused-ring (bicyclic) bond motifs is 1. The SMILES string of the molecule is Cn1ccc(CC2CCNc3ccccc32)n1. The summed E-state index contributed by atoms with van der Waals surface area (Å²) in [5.74, 6) is 0.599. The van der Waals surface area contributed by atoms with Crippen molar-refractivity contribution in [2.75, 3.05) is 11.9 Å². The van der Waals surface area contributed by atoms with Crippen molar-refractivity contribution in [3.05, 3.63) is 47.8 Å². The van der Waals surface area contributed by atoms with E-state index in [1.54, 1.807) is 0 Å². The van der Waals surface area contributed by atoms with Gasteiger partial charge in [0, 0.05) is 25.5 Å². The van der Waals surface area contributed by atoms with E-state index in [1.165, 1.54) is 23.4 Å². The second-order valence-electron chi connectivity index (χ2n) is 4.68. The third kappa shape index (κ3) is 2.05. The highest BCUT2D eigenvalue weighted by atomic mass is 15.2. The molecule has 3 rings (SSSR count). The molecule has 3 heteroatoms. The predicted molar refractivity (Wildman–Crippen MR) is 69.2 cm³/mol. The smallest absolute Gasteiger partial charge is 0.0630 e. The molecule has 1 atom stereocenters. The van der Waals surface area contributed by atoms with Crippen molar-refractivity contribution < 1.29 is 0 Å². The Bertz CT molecular complexity index is 516. The van der Waals surface area contributed by atoms with Crippen molar-refractivity contribution in [1.82, 2.24) is 9.78 Å². The number of para-hydroxylation sites is 1. The molecular weight excluding hydrogens is 210 g/mol. The predicted octanol–water partition coefficient (Wildman–Crippen LogP) is 2.56. The zero-order valence-corrected chi connectivity index (χ0v) is 10.1. The van der Waals surface area contributed by atoms with Crippen LogP contribution in [0.2, 0.25) is 0 Å². The van der Waals surface area contributed by atoms with E-state index in [0.717, 1.165) is 13.0 Å². The van der Waals surface area contributed by atoms with Gasteiger partial charge in [-0.05, 0) is 36.5 Å². The van der Waals surface area contributed by atoms with Gasteiger partial charge in [-0.1, -0.05) is 18.2 Å². The van der Waals surface area contributed by atoms with E-state index in [-0.39, 0.29) is 0 Å². The van der Waals surface area contributed by atoms with Crippen LogP contribution in [0.5, 0.6) is 0 Å². The number of rotatable bonds is 2. The summed E-state index contributed by atoms with van der Waals surface area (Å²) in [5.41, 5.74) is 3.92. The van der Waals surface area contributed by atoms with Gasteiger partial charge in [0.05, 0.1) is 5.69 Å². The Morgan fingerprint density at radius 1 is 1.35 bits per heavy atom. The lowest BCUT2D eigenvalue weighted by Gasteiger charge is -2.26. The van der Waals surface area contributed by atoms with E-state index >= 15 is 0 Å². The Kier molecular flexibility index (Phi) is 2.59. The standard InChI is InChI=1S/C14H17N3/c1-17-9-7-12(16-17)10-11-6-8-15-14-5-3-2-4-13(11)14/h2-5,7,9,11,15H,6,8,10H2,1H3. The summed E-state index contributed by atoms with van der Waals surface area (Å²) < 4.78 is 1.88. The van der Waals surface area contributed by atoms with Gasteiger partial charge in [-0.15, -0.1) is 0 Å². The number of aromatic nitrogens is 2. The highest BCUT2D eigenvalue weighted by Crippen LogP contribution is 2.33. The minimum Gasteiger partial charge on any atom is -0.385 e. The lowest BCUT2D eigenvalue weighted by atomic mass is 9.87. The first-order chi connectivity index (χ1) is 8.33. The lowest BCUT2D eigenvalue weighted by molar-refractivity contribution is 0.606. The van der Waals surface area contributed by atoms with Crippen molar-refractivity contribution >= 4 is 5.69 Å². The largest absolute Gasteiger partial charge is 0.385 e. The molecule has 0 saturated heterocycles. The van der Waals surface area contributed by atoms with Gasteiger partial charge in [0.2, 0.25) is 0 Å². The van der Waals surface area contributed by atoms with E-state index in [4.69, 9.17) is 0 Å². The number of hydrogen-bond acceptors (Lipinski definition) is 2. The summed E-state index contributed by atoms with van der Waals surface area (Å²) >= 11 is 0. The van der Waals surface area contributed by atoms with E-state index in [0.29, 0.717) is 5.92 Å². The second-order valence-corrected chi connectivity index (χ2v) is 4.68. The first-order valence-corrected chi connectivity index (χ1v) is 6.14. The normalized spacial score (nSPS) is 18.5. The van der Waals surface area contributed by atoms with Crippen molar-refractivity contribution in [2.24, 2.45) is 7.05 Å². The first-order valence-electron chi connectivity index (χ1n) is 6.14. The quantitative estimate of drug-likeness (QED) is 0.854. The summed E-state index contributed by atoms with van der Waals surface area (Å²) in [5, 5.41) is 7.93. The van der Waals surface area contributed by atoms with Crippen molar-refractivity contribution in [3.63, 3.8) is 0 Å². The number of nitrogens with one attached hydrogen (secondary N) is 1. The van der Waals surface area contributed by atoms with Crippen LogP contribution in [0.25, 0.3) is 0 Å². The number of benzene rings is 1. The molecule has 2 aromatic rings. The molecule has 2 heterocycles. The molecule has 0 fully saturated rings. The molecule has 1 aliphatic heterocycles. The fourth-order valence-corrected chi connectivity index (χ4v) is 2.59. The summed E-state index contributed by atoms with van der Waals surface area (Å²) in [7, 11) is 1.97.